The maximum absolute atomic E-state index is 12.4. The van der Waals surface area contributed by atoms with E-state index in [2.05, 4.69) is 10.3 Å². The number of amides is 1. The number of benzene rings is 1. The Hall–Kier alpha value is -3.04. The number of Topliss-reactive ketones (excluding diaryl/α,β-unsaturated/α-hetero) is 1. The fourth-order valence-corrected chi connectivity index (χ4v) is 2.02. The van der Waals surface area contributed by atoms with Gasteiger partial charge < -0.3 is 10.1 Å². The molecule has 0 aliphatic rings. The number of nitrogens with zero attached hydrogens (tertiary/aromatic N) is 2. The number of carbonyl (C=O) groups is 2. The maximum Gasteiger partial charge on any atom is 0.250 e. The summed E-state index contributed by atoms with van der Waals surface area (Å²) in [6.07, 6.45) is 1.51. The van der Waals surface area contributed by atoms with Gasteiger partial charge in [-0.2, -0.15) is 5.26 Å². The Balaban J connectivity index is 2.16. The number of anilines is 1. The zero-order valence-corrected chi connectivity index (χ0v) is 12.5. The summed E-state index contributed by atoms with van der Waals surface area (Å²) in [7, 11) is 1.55. The van der Waals surface area contributed by atoms with E-state index in [1.165, 1.54) is 6.20 Å². The first-order valence-corrected chi connectivity index (χ1v) is 6.89. The van der Waals surface area contributed by atoms with Gasteiger partial charge in [0.2, 0.25) is 0 Å². The van der Waals surface area contributed by atoms with E-state index in [0.29, 0.717) is 18.0 Å². The Bertz CT molecular complexity index is 738. The topological polar surface area (TPSA) is 92.1 Å². The molecule has 1 aromatic carbocycles. The van der Waals surface area contributed by atoms with Gasteiger partial charge in [-0.05, 0) is 23.8 Å². The lowest BCUT2D eigenvalue weighted by Gasteiger charge is -2.10. The molecule has 0 aliphatic heterocycles. The van der Waals surface area contributed by atoms with Gasteiger partial charge in [-0.25, -0.2) is 4.98 Å². The minimum Gasteiger partial charge on any atom is -0.380 e. The molecule has 1 aromatic heterocycles. The normalized spacial score (nSPS) is 11.3. The van der Waals surface area contributed by atoms with Crippen molar-refractivity contribution in [1.82, 2.24) is 4.98 Å². The second-order valence-corrected chi connectivity index (χ2v) is 4.76. The van der Waals surface area contributed by atoms with Crippen LogP contribution in [0.5, 0.6) is 0 Å². The van der Waals surface area contributed by atoms with Crippen molar-refractivity contribution in [3.63, 3.8) is 0 Å². The van der Waals surface area contributed by atoms with Gasteiger partial charge in [0.05, 0.1) is 12.7 Å². The third-order valence-electron chi connectivity index (χ3n) is 3.09. The van der Waals surface area contributed by atoms with E-state index < -0.39 is 17.6 Å². The molecule has 6 nitrogen and oxygen atoms in total. The number of rotatable bonds is 6. The van der Waals surface area contributed by atoms with Crippen molar-refractivity contribution in [2.24, 2.45) is 5.92 Å². The molecule has 0 aliphatic carbocycles. The summed E-state index contributed by atoms with van der Waals surface area (Å²) in [6.45, 7) is 0.346. The summed E-state index contributed by atoms with van der Waals surface area (Å²) >= 11 is 0. The minimum atomic E-state index is -1.44. The van der Waals surface area contributed by atoms with Gasteiger partial charge in [-0.15, -0.1) is 0 Å². The van der Waals surface area contributed by atoms with Gasteiger partial charge in [0, 0.05) is 18.9 Å². The number of methoxy groups -OCH3 is 1. The fourth-order valence-electron chi connectivity index (χ4n) is 2.02. The highest BCUT2D eigenvalue weighted by Crippen LogP contribution is 2.14. The van der Waals surface area contributed by atoms with Crippen LogP contribution >= 0.6 is 0 Å². The molecule has 0 fully saturated rings. The SMILES string of the molecule is COCc1cccc(C(=O)[C@@H](C#N)C(=O)Nc2ccccn2)c1. The molecule has 0 radical (unpaired) electrons. The Morgan fingerprint density at radius 1 is 1.30 bits per heavy atom. The molecule has 0 saturated heterocycles. The Kier molecular flexibility index (Phi) is 5.56. The van der Waals surface area contributed by atoms with E-state index in [4.69, 9.17) is 4.74 Å². The lowest BCUT2D eigenvalue weighted by atomic mass is 9.97. The molecule has 0 spiro atoms. The Labute approximate surface area is 133 Å². The van der Waals surface area contributed by atoms with Gasteiger partial charge in [-0.3, -0.25) is 9.59 Å². The summed E-state index contributed by atoms with van der Waals surface area (Å²) in [6, 6.07) is 13.4. The monoisotopic (exact) mass is 309 g/mol. The lowest BCUT2D eigenvalue weighted by molar-refractivity contribution is -0.117. The molecular formula is C17H15N3O3. The van der Waals surface area contributed by atoms with E-state index >= 15 is 0 Å². The number of nitrogens with one attached hydrogen (secondary N) is 1. The molecular weight excluding hydrogens is 294 g/mol. The standard InChI is InChI=1S/C17H15N3O3/c1-23-11-12-5-4-6-13(9-12)16(21)14(10-18)17(22)20-15-7-2-3-8-19-15/h2-9,14H,11H2,1H3,(H,19,20,22)/t14-/m1/s1. The second kappa shape index (κ2) is 7.82. The van der Waals surface area contributed by atoms with Crippen LogP contribution in [0.25, 0.3) is 0 Å². The molecule has 1 atom stereocenters. The van der Waals surface area contributed by atoms with Crippen LogP contribution in [0.4, 0.5) is 5.82 Å². The van der Waals surface area contributed by atoms with Gasteiger partial charge in [-0.1, -0.05) is 24.3 Å². The van der Waals surface area contributed by atoms with Crippen molar-refractivity contribution in [2.75, 3.05) is 12.4 Å². The average molecular weight is 309 g/mol. The van der Waals surface area contributed by atoms with Crippen molar-refractivity contribution in [3.8, 4) is 6.07 Å². The van der Waals surface area contributed by atoms with Crippen molar-refractivity contribution < 1.29 is 14.3 Å². The van der Waals surface area contributed by atoms with E-state index in [1.54, 1.807) is 55.6 Å². The number of nitriles is 1. The van der Waals surface area contributed by atoms with Crippen LogP contribution in [-0.4, -0.2) is 23.8 Å². The molecule has 2 aromatic rings. The van der Waals surface area contributed by atoms with Gasteiger partial charge in [0.25, 0.3) is 5.91 Å². The van der Waals surface area contributed by atoms with E-state index in [0.717, 1.165) is 5.56 Å². The van der Waals surface area contributed by atoms with Crippen LogP contribution in [0.15, 0.2) is 48.7 Å². The van der Waals surface area contributed by atoms with Crippen LogP contribution < -0.4 is 5.32 Å². The molecule has 1 N–H and O–H groups in total. The van der Waals surface area contributed by atoms with Crippen molar-refractivity contribution in [1.29, 1.82) is 5.26 Å². The number of aromatic nitrogens is 1. The first-order valence-electron chi connectivity index (χ1n) is 6.89. The fraction of sp³-hybridized carbons (Fsp3) is 0.176. The Morgan fingerprint density at radius 2 is 2.13 bits per heavy atom. The van der Waals surface area contributed by atoms with Crippen molar-refractivity contribution in [3.05, 3.63) is 59.8 Å². The summed E-state index contributed by atoms with van der Waals surface area (Å²) in [5.74, 6) is -2.40. The van der Waals surface area contributed by atoms with Gasteiger partial charge in [0.15, 0.2) is 11.7 Å². The lowest BCUT2D eigenvalue weighted by Crippen LogP contribution is -2.29. The molecule has 6 heteroatoms. The predicted molar refractivity (Wildman–Crippen MR) is 83.5 cm³/mol. The number of hydrogen-bond acceptors (Lipinski definition) is 5. The van der Waals surface area contributed by atoms with E-state index in [9.17, 15) is 14.9 Å². The highest BCUT2D eigenvalue weighted by atomic mass is 16.5. The third kappa shape index (κ3) is 4.22. The molecule has 1 heterocycles. The number of pyridine rings is 1. The molecule has 0 saturated carbocycles. The second-order valence-electron chi connectivity index (χ2n) is 4.76. The number of carbonyl (C=O) groups excluding carboxylic acids is 2. The van der Waals surface area contributed by atoms with Crippen LogP contribution in [0, 0.1) is 17.2 Å². The zero-order valence-electron chi connectivity index (χ0n) is 12.5. The molecule has 1 amide bonds. The minimum absolute atomic E-state index is 0.290. The van der Waals surface area contributed by atoms with Crippen molar-refractivity contribution in [2.45, 2.75) is 6.61 Å². The van der Waals surface area contributed by atoms with E-state index in [-0.39, 0.29) is 0 Å². The summed E-state index contributed by atoms with van der Waals surface area (Å²) in [5.41, 5.74) is 1.09. The van der Waals surface area contributed by atoms with Gasteiger partial charge in [0.1, 0.15) is 5.82 Å². The zero-order chi connectivity index (χ0) is 16.7. The third-order valence-corrected chi connectivity index (χ3v) is 3.09. The van der Waals surface area contributed by atoms with Crippen molar-refractivity contribution >= 4 is 17.5 Å². The smallest absolute Gasteiger partial charge is 0.250 e. The maximum atomic E-state index is 12.4. The largest absolute Gasteiger partial charge is 0.380 e. The molecule has 2 rings (SSSR count). The average Bonchev–Trinajstić information content (AvgIpc) is 2.57. The highest BCUT2D eigenvalue weighted by Gasteiger charge is 2.28. The molecule has 23 heavy (non-hydrogen) atoms. The number of ketones is 1. The van der Waals surface area contributed by atoms with Gasteiger partial charge >= 0.3 is 0 Å². The first kappa shape index (κ1) is 16.3. The highest BCUT2D eigenvalue weighted by molar-refractivity contribution is 6.15. The molecule has 0 unspecified atom stereocenters. The van der Waals surface area contributed by atoms with Crippen LogP contribution in [0.3, 0.4) is 0 Å². The van der Waals surface area contributed by atoms with E-state index in [1.807, 2.05) is 0 Å². The van der Waals surface area contributed by atoms with Crippen LogP contribution in [-0.2, 0) is 16.1 Å². The summed E-state index contributed by atoms with van der Waals surface area (Å²) in [4.78, 5) is 28.5. The number of ether oxygens (including phenoxy) is 1. The quantitative estimate of drug-likeness (QED) is 0.652. The molecule has 116 valence electrons. The van der Waals surface area contributed by atoms with Crippen LogP contribution in [0.1, 0.15) is 15.9 Å². The molecule has 0 bridgehead atoms. The first-order chi connectivity index (χ1) is 11.2. The summed E-state index contributed by atoms with van der Waals surface area (Å²) in [5, 5.41) is 11.7. The summed E-state index contributed by atoms with van der Waals surface area (Å²) < 4.78 is 5.01. The predicted octanol–water partition coefficient (Wildman–Crippen LogP) is 2.19. The number of hydrogen-bond donors (Lipinski definition) is 1. The Morgan fingerprint density at radius 3 is 2.78 bits per heavy atom. The van der Waals surface area contributed by atoms with Crippen LogP contribution in [0.2, 0.25) is 0 Å².